The third kappa shape index (κ3) is 2.44. The summed E-state index contributed by atoms with van der Waals surface area (Å²) in [6.45, 7) is 0. The van der Waals surface area contributed by atoms with Crippen LogP contribution >= 0.6 is 59.4 Å². The fourth-order valence-electron chi connectivity index (χ4n) is 0.689. The number of benzene rings is 1. The lowest BCUT2D eigenvalue weighted by Gasteiger charge is -2.05. The molecule has 0 radical (unpaired) electrons. The zero-order valence-corrected chi connectivity index (χ0v) is 10.8. The van der Waals surface area contributed by atoms with Gasteiger partial charge in [0, 0.05) is 4.47 Å². The molecule has 0 N–H and O–H groups in total. The Morgan fingerprint density at radius 2 is 1.91 bits per heavy atom. The molecule has 0 nitrogen and oxygen atoms in total. The molecule has 0 heterocycles. The highest BCUT2D eigenvalue weighted by molar-refractivity contribution is 9.24. The second-order valence-corrected chi connectivity index (χ2v) is 6.24. The minimum Gasteiger partial charge on any atom is -0.0827 e. The molecule has 0 aromatic heterocycles. The first-order chi connectivity index (χ1) is 5.13. The van der Waals surface area contributed by atoms with Gasteiger partial charge in [-0.25, -0.2) is 0 Å². The molecule has 1 aromatic carbocycles. The van der Waals surface area contributed by atoms with Gasteiger partial charge in [-0.1, -0.05) is 55.6 Å². The largest absolute Gasteiger partial charge is 0.0961 e. The van der Waals surface area contributed by atoms with Crippen molar-refractivity contribution >= 4 is 59.4 Å². The number of hydrogen-bond acceptors (Lipinski definition) is 0. The van der Waals surface area contributed by atoms with Crippen molar-refractivity contribution < 1.29 is 0 Å². The lowest BCUT2D eigenvalue weighted by atomic mass is 10.2. The second kappa shape index (κ2) is 4.26. The Balaban J connectivity index is 3.17. The highest BCUT2D eigenvalue weighted by Gasteiger charge is 2.08. The predicted molar refractivity (Wildman–Crippen MR) is 59.7 cm³/mol. The van der Waals surface area contributed by atoms with Crippen LogP contribution in [0, 0.1) is 0 Å². The Labute approximate surface area is 95.7 Å². The number of rotatable bonds is 1. The summed E-state index contributed by atoms with van der Waals surface area (Å²) >= 11 is 16.1. The molecule has 0 unspecified atom stereocenters. The van der Waals surface area contributed by atoms with Gasteiger partial charge in [-0.05, 0) is 27.6 Å². The van der Waals surface area contributed by atoms with E-state index in [-0.39, 0.29) is 3.74 Å². The summed E-state index contributed by atoms with van der Waals surface area (Å²) in [4.78, 5) is 0. The standard InChI is InChI=1S/C7H4Br3Cl/c8-5-3-1-2-4(6(5)11)7(9)10/h1-3,7H. The van der Waals surface area contributed by atoms with Gasteiger partial charge < -0.3 is 0 Å². The molecule has 0 atom stereocenters. The maximum Gasteiger partial charge on any atom is 0.0961 e. The van der Waals surface area contributed by atoms with Crippen molar-refractivity contribution in [3.63, 3.8) is 0 Å². The van der Waals surface area contributed by atoms with Gasteiger partial charge in [-0.15, -0.1) is 0 Å². The third-order valence-corrected chi connectivity index (χ3v) is 3.51. The summed E-state index contributed by atoms with van der Waals surface area (Å²) in [5.41, 5.74) is 1.03. The number of alkyl halides is 2. The highest BCUT2D eigenvalue weighted by Crippen LogP contribution is 2.37. The molecule has 1 rings (SSSR count). The third-order valence-electron chi connectivity index (χ3n) is 1.22. The normalized spacial score (nSPS) is 10.6. The summed E-state index contributed by atoms with van der Waals surface area (Å²) in [6, 6.07) is 5.82. The molecule has 60 valence electrons. The SMILES string of the molecule is Clc1c(Br)cccc1C(Br)Br. The molecule has 0 bridgehead atoms. The maximum absolute atomic E-state index is 5.98. The lowest BCUT2D eigenvalue weighted by Crippen LogP contribution is -1.82. The van der Waals surface area contributed by atoms with Gasteiger partial charge in [0.15, 0.2) is 0 Å². The van der Waals surface area contributed by atoms with Crippen LogP contribution in [0.1, 0.15) is 9.30 Å². The zero-order valence-electron chi connectivity index (χ0n) is 5.32. The number of halogens is 4. The van der Waals surface area contributed by atoms with Gasteiger partial charge in [0.1, 0.15) is 0 Å². The fraction of sp³-hybridized carbons (Fsp3) is 0.143. The van der Waals surface area contributed by atoms with E-state index in [9.17, 15) is 0 Å². The Morgan fingerprint density at radius 3 is 2.36 bits per heavy atom. The van der Waals surface area contributed by atoms with Gasteiger partial charge in [-0.3, -0.25) is 0 Å². The first kappa shape index (κ1) is 10.0. The highest BCUT2D eigenvalue weighted by atomic mass is 79.9. The molecule has 0 saturated heterocycles. The van der Waals surface area contributed by atoms with E-state index in [1.165, 1.54) is 0 Å². The molecule has 0 aliphatic heterocycles. The molecule has 11 heavy (non-hydrogen) atoms. The van der Waals surface area contributed by atoms with Crippen LogP contribution in [0.4, 0.5) is 0 Å². The molecular weight excluding hydrogens is 359 g/mol. The van der Waals surface area contributed by atoms with Crippen molar-refractivity contribution in [1.82, 2.24) is 0 Å². The van der Waals surface area contributed by atoms with Crippen molar-refractivity contribution in [3.8, 4) is 0 Å². The molecular formula is C7H4Br3Cl. The summed E-state index contributed by atoms with van der Waals surface area (Å²) in [7, 11) is 0. The van der Waals surface area contributed by atoms with E-state index in [2.05, 4.69) is 47.8 Å². The van der Waals surface area contributed by atoms with E-state index in [1.54, 1.807) is 0 Å². The maximum atomic E-state index is 5.98. The Hall–Kier alpha value is 0.950. The summed E-state index contributed by atoms with van der Waals surface area (Å²) < 4.78 is 1.03. The minimum atomic E-state index is 0.111. The Kier molecular flexibility index (Phi) is 3.89. The summed E-state index contributed by atoms with van der Waals surface area (Å²) in [6.07, 6.45) is 0. The smallest absolute Gasteiger partial charge is 0.0827 e. The van der Waals surface area contributed by atoms with Gasteiger partial charge in [0.25, 0.3) is 0 Å². The molecule has 0 saturated carbocycles. The fourth-order valence-corrected chi connectivity index (χ4v) is 2.33. The van der Waals surface area contributed by atoms with Gasteiger partial charge in [0.05, 0.1) is 8.76 Å². The van der Waals surface area contributed by atoms with Crippen LogP contribution < -0.4 is 0 Å². The molecule has 0 aliphatic carbocycles. The van der Waals surface area contributed by atoms with Gasteiger partial charge in [0.2, 0.25) is 0 Å². The van der Waals surface area contributed by atoms with E-state index in [1.807, 2.05) is 18.2 Å². The molecule has 0 spiro atoms. The van der Waals surface area contributed by atoms with Crippen LogP contribution in [-0.4, -0.2) is 0 Å². The monoisotopic (exact) mass is 360 g/mol. The van der Waals surface area contributed by atoms with E-state index >= 15 is 0 Å². The Bertz CT molecular complexity index is 260. The van der Waals surface area contributed by atoms with Crippen molar-refractivity contribution in [1.29, 1.82) is 0 Å². The van der Waals surface area contributed by atoms with Crippen LogP contribution in [0.15, 0.2) is 22.7 Å². The number of hydrogen-bond donors (Lipinski definition) is 0. The van der Waals surface area contributed by atoms with Crippen LogP contribution in [0.2, 0.25) is 5.02 Å². The summed E-state index contributed by atoms with van der Waals surface area (Å²) in [5.74, 6) is 0. The van der Waals surface area contributed by atoms with Gasteiger partial charge in [-0.2, -0.15) is 0 Å². The quantitative estimate of drug-likeness (QED) is 0.623. The summed E-state index contributed by atoms with van der Waals surface area (Å²) in [5, 5.41) is 0.742. The predicted octanol–water partition coefficient (Wildman–Crippen LogP) is 4.89. The van der Waals surface area contributed by atoms with E-state index < -0.39 is 0 Å². The molecule has 0 fully saturated rings. The van der Waals surface area contributed by atoms with E-state index in [0.717, 1.165) is 15.1 Å². The minimum absolute atomic E-state index is 0.111. The van der Waals surface area contributed by atoms with E-state index in [4.69, 9.17) is 11.6 Å². The molecule has 0 aliphatic rings. The molecule has 4 heteroatoms. The van der Waals surface area contributed by atoms with Crippen molar-refractivity contribution in [2.75, 3.05) is 0 Å². The average molecular weight is 363 g/mol. The lowest BCUT2D eigenvalue weighted by molar-refractivity contribution is 1.41. The second-order valence-electron chi connectivity index (χ2n) is 1.94. The van der Waals surface area contributed by atoms with E-state index in [0.29, 0.717) is 0 Å². The Morgan fingerprint density at radius 1 is 1.27 bits per heavy atom. The first-order valence-electron chi connectivity index (χ1n) is 2.85. The van der Waals surface area contributed by atoms with Crippen LogP contribution in [0.25, 0.3) is 0 Å². The molecule has 0 amide bonds. The average Bonchev–Trinajstić information content (AvgIpc) is 1.94. The first-order valence-corrected chi connectivity index (χ1v) is 5.85. The zero-order chi connectivity index (χ0) is 8.43. The van der Waals surface area contributed by atoms with Crippen LogP contribution in [0.5, 0.6) is 0 Å². The topological polar surface area (TPSA) is 0 Å². The van der Waals surface area contributed by atoms with Crippen molar-refractivity contribution in [2.45, 2.75) is 3.74 Å². The van der Waals surface area contributed by atoms with Crippen LogP contribution in [0.3, 0.4) is 0 Å². The molecule has 1 aromatic rings. The van der Waals surface area contributed by atoms with Crippen molar-refractivity contribution in [2.24, 2.45) is 0 Å². The van der Waals surface area contributed by atoms with Crippen molar-refractivity contribution in [3.05, 3.63) is 33.3 Å². The van der Waals surface area contributed by atoms with Gasteiger partial charge >= 0.3 is 0 Å². The van der Waals surface area contributed by atoms with Crippen LogP contribution in [-0.2, 0) is 0 Å².